The summed E-state index contributed by atoms with van der Waals surface area (Å²) in [5.41, 5.74) is 7.97. The minimum Gasteiger partial charge on any atom is -0.335 e. The Kier molecular flexibility index (Phi) is 4.67. The fourth-order valence-corrected chi connectivity index (χ4v) is 8.55. The largest absolute Gasteiger partial charge is 0.335 e. The lowest BCUT2D eigenvalue weighted by Gasteiger charge is -2.66. The molecule has 2 N–H and O–H groups in total. The number of likely N-dealkylation sites (tertiary alicyclic amines) is 1. The van der Waals surface area contributed by atoms with E-state index in [4.69, 9.17) is 5.73 Å². The highest BCUT2D eigenvalue weighted by atomic mass is 16.2. The van der Waals surface area contributed by atoms with Crippen LogP contribution in [0.2, 0.25) is 0 Å². The lowest BCUT2D eigenvalue weighted by molar-refractivity contribution is -0.186. The zero-order chi connectivity index (χ0) is 21.3. The fourth-order valence-electron chi connectivity index (χ4n) is 8.55. The van der Waals surface area contributed by atoms with Crippen LogP contribution >= 0.6 is 0 Å². The molecule has 4 saturated carbocycles. The van der Waals surface area contributed by atoms with Gasteiger partial charge in [0.05, 0.1) is 0 Å². The van der Waals surface area contributed by atoms with Crippen LogP contribution in [0.15, 0.2) is 30.3 Å². The highest BCUT2D eigenvalue weighted by Gasteiger charge is 2.62. The topological polar surface area (TPSA) is 46.3 Å². The molecule has 0 aromatic heterocycles. The zero-order valence-corrected chi connectivity index (χ0v) is 19.4. The van der Waals surface area contributed by atoms with Gasteiger partial charge in [-0.2, -0.15) is 0 Å². The molecule has 1 aromatic rings. The lowest BCUT2D eigenvalue weighted by Crippen LogP contribution is -2.73. The Morgan fingerprint density at radius 1 is 1.13 bits per heavy atom. The monoisotopic (exact) mass is 408 g/mol. The normalized spacial score (nSPS) is 45.7. The molecule has 1 saturated heterocycles. The highest BCUT2D eigenvalue weighted by Crippen LogP contribution is 2.65. The standard InChI is InChI=1S/C27H40N2O/c1-18-13-25(3)15-27(16-25,20-8-6-5-7-9-20)17-26(4,14-18)24(30)29-22-11-10-21(22)23(29)12-19(2)28/h5-9,18-19,21-23H,10-17,28H2,1-4H3. The first-order chi connectivity index (χ1) is 14.1. The van der Waals surface area contributed by atoms with Gasteiger partial charge in [-0.3, -0.25) is 4.79 Å². The van der Waals surface area contributed by atoms with Crippen LogP contribution in [0, 0.1) is 22.7 Å². The van der Waals surface area contributed by atoms with Crippen molar-refractivity contribution in [1.29, 1.82) is 0 Å². The molecule has 6 unspecified atom stereocenters. The molecule has 1 aliphatic heterocycles. The Bertz CT molecular complexity index is 811. The van der Waals surface area contributed by atoms with Gasteiger partial charge in [0.15, 0.2) is 0 Å². The van der Waals surface area contributed by atoms with Gasteiger partial charge in [0, 0.05) is 23.5 Å². The van der Waals surface area contributed by atoms with Crippen LogP contribution < -0.4 is 5.73 Å². The van der Waals surface area contributed by atoms with Crippen molar-refractivity contribution in [2.24, 2.45) is 28.4 Å². The number of nitrogens with zero attached hydrogens (tertiary/aromatic N) is 1. The molecule has 1 amide bonds. The van der Waals surface area contributed by atoms with Crippen LogP contribution in [0.5, 0.6) is 0 Å². The summed E-state index contributed by atoms with van der Waals surface area (Å²) in [6.07, 6.45) is 9.17. The second-order valence-electron chi connectivity index (χ2n) is 12.4. The van der Waals surface area contributed by atoms with Gasteiger partial charge < -0.3 is 10.6 Å². The van der Waals surface area contributed by atoms with Crippen molar-refractivity contribution in [2.75, 3.05) is 0 Å². The van der Waals surface area contributed by atoms with Crippen LogP contribution in [0.4, 0.5) is 0 Å². The Labute approximate surface area is 182 Å². The summed E-state index contributed by atoms with van der Waals surface area (Å²) in [4.78, 5) is 16.5. The number of fused-ring (bicyclic) bond motifs is 5. The van der Waals surface area contributed by atoms with Crippen molar-refractivity contribution in [1.82, 2.24) is 4.90 Å². The van der Waals surface area contributed by atoms with E-state index in [-0.39, 0.29) is 16.9 Å². The van der Waals surface area contributed by atoms with E-state index in [1.807, 2.05) is 0 Å². The van der Waals surface area contributed by atoms with Gasteiger partial charge in [-0.1, -0.05) is 51.1 Å². The van der Waals surface area contributed by atoms with E-state index in [0.29, 0.717) is 35.2 Å². The van der Waals surface area contributed by atoms with Crippen molar-refractivity contribution in [2.45, 2.75) is 103 Å². The molecule has 1 heterocycles. The van der Waals surface area contributed by atoms with E-state index < -0.39 is 0 Å². The summed E-state index contributed by atoms with van der Waals surface area (Å²) in [6.45, 7) is 9.24. The van der Waals surface area contributed by atoms with Crippen LogP contribution in [-0.2, 0) is 10.2 Å². The van der Waals surface area contributed by atoms with Crippen molar-refractivity contribution in [3.05, 3.63) is 35.9 Å². The minimum absolute atomic E-state index is 0.166. The second-order valence-corrected chi connectivity index (χ2v) is 12.4. The first-order valence-electron chi connectivity index (χ1n) is 12.3. The molecule has 2 bridgehead atoms. The molecule has 4 aliphatic carbocycles. The van der Waals surface area contributed by atoms with Gasteiger partial charge in [-0.15, -0.1) is 0 Å². The molecule has 6 atom stereocenters. The SMILES string of the molecule is CC(N)CC1C2CCC2N1C(=O)C1(C)CC(C)CC2(C)CC(c3ccccc3)(C2)C1. The summed E-state index contributed by atoms with van der Waals surface area (Å²) < 4.78 is 0. The maximum atomic E-state index is 14.2. The molecular formula is C27H40N2O. The fraction of sp³-hybridized carbons (Fsp3) is 0.741. The number of benzene rings is 1. The third-order valence-electron chi connectivity index (χ3n) is 9.15. The maximum Gasteiger partial charge on any atom is 0.229 e. The van der Waals surface area contributed by atoms with E-state index in [1.54, 1.807) is 0 Å². The molecule has 1 aromatic carbocycles. The molecule has 3 heteroatoms. The van der Waals surface area contributed by atoms with Crippen LogP contribution in [0.3, 0.4) is 0 Å². The zero-order valence-electron chi connectivity index (χ0n) is 19.4. The van der Waals surface area contributed by atoms with E-state index >= 15 is 0 Å². The van der Waals surface area contributed by atoms with Crippen LogP contribution in [0.25, 0.3) is 0 Å². The molecule has 0 radical (unpaired) electrons. The Morgan fingerprint density at radius 3 is 2.43 bits per heavy atom. The van der Waals surface area contributed by atoms with Gasteiger partial charge in [0.2, 0.25) is 5.91 Å². The summed E-state index contributed by atoms with van der Waals surface area (Å²) in [5.74, 6) is 1.75. The molecule has 5 fully saturated rings. The molecule has 5 aliphatic rings. The average molecular weight is 409 g/mol. The van der Waals surface area contributed by atoms with Gasteiger partial charge in [0.1, 0.15) is 0 Å². The molecule has 0 spiro atoms. The Balaban J connectivity index is 1.46. The quantitative estimate of drug-likeness (QED) is 0.737. The number of carbonyl (C=O) groups is 1. The van der Waals surface area contributed by atoms with Crippen molar-refractivity contribution in [3.8, 4) is 0 Å². The molecular weight excluding hydrogens is 368 g/mol. The first-order valence-corrected chi connectivity index (χ1v) is 12.3. The summed E-state index contributed by atoms with van der Waals surface area (Å²) in [7, 11) is 0. The van der Waals surface area contributed by atoms with E-state index in [0.717, 1.165) is 19.3 Å². The lowest BCUT2D eigenvalue weighted by atomic mass is 9.43. The molecule has 30 heavy (non-hydrogen) atoms. The van der Waals surface area contributed by atoms with E-state index in [1.165, 1.54) is 37.7 Å². The minimum atomic E-state index is -0.270. The van der Waals surface area contributed by atoms with Crippen molar-refractivity contribution >= 4 is 5.91 Å². The number of hydrogen-bond donors (Lipinski definition) is 1. The number of hydrogen-bond acceptors (Lipinski definition) is 2. The number of rotatable bonds is 4. The predicted molar refractivity (Wildman–Crippen MR) is 122 cm³/mol. The van der Waals surface area contributed by atoms with E-state index in [9.17, 15) is 4.79 Å². The average Bonchev–Trinajstić information content (AvgIpc) is 2.61. The van der Waals surface area contributed by atoms with Gasteiger partial charge in [0.25, 0.3) is 0 Å². The van der Waals surface area contributed by atoms with E-state index in [2.05, 4.69) is 62.9 Å². The smallest absolute Gasteiger partial charge is 0.229 e. The number of amides is 1. The molecule has 3 nitrogen and oxygen atoms in total. The summed E-state index contributed by atoms with van der Waals surface area (Å²) in [6, 6.07) is 12.1. The van der Waals surface area contributed by atoms with Crippen molar-refractivity contribution < 1.29 is 4.79 Å². The van der Waals surface area contributed by atoms with Gasteiger partial charge in [-0.25, -0.2) is 0 Å². The highest BCUT2D eigenvalue weighted by molar-refractivity contribution is 5.84. The maximum absolute atomic E-state index is 14.2. The van der Waals surface area contributed by atoms with Gasteiger partial charge in [-0.05, 0) is 86.5 Å². The second kappa shape index (κ2) is 6.82. The Morgan fingerprint density at radius 2 is 1.83 bits per heavy atom. The van der Waals surface area contributed by atoms with Crippen LogP contribution in [0.1, 0.15) is 84.6 Å². The third kappa shape index (κ3) is 3.06. The predicted octanol–water partition coefficient (Wildman–Crippen LogP) is 5.28. The summed E-state index contributed by atoms with van der Waals surface area (Å²) in [5, 5.41) is 0. The third-order valence-corrected chi connectivity index (χ3v) is 9.15. The van der Waals surface area contributed by atoms with Crippen LogP contribution in [-0.4, -0.2) is 28.9 Å². The first kappa shape index (κ1) is 20.5. The number of carbonyl (C=O) groups excluding carboxylic acids is 1. The molecule has 6 rings (SSSR count). The number of nitrogens with two attached hydrogens (primary N) is 1. The summed E-state index contributed by atoms with van der Waals surface area (Å²) >= 11 is 0. The van der Waals surface area contributed by atoms with Gasteiger partial charge >= 0.3 is 0 Å². The molecule has 164 valence electrons. The van der Waals surface area contributed by atoms with Crippen molar-refractivity contribution in [3.63, 3.8) is 0 Å². The number of piperidine rings is 1. The Hall–Kier alpha value is -1.35.